The molecular formula is C18H19N5O2S. The van der Waals surface area contributed by atoms with E-state index in [1.807, 2.05) is 28.7 Å². The van der Waals surface area contributed by atoms with E-state index in [9.17, 15) is 9.59 Å². The third kappa shape index (κ3) is 2.61. The van der Waals surface area contributed by atoms with E-state index in [0.29, 0.717) is 12.3 Å². The Balaban J connectivity index is 1.58. The van der Waals surface area contributed by atoms with Crippen LogP contribution < -0.4 is 5.32 Å². The molecule has 2 aromatic heterocycles. The van der Waals surface area contributed by atoms with E-state index >= 15 is 0 Å². The van der Waals surface area contributed by atoms with Gasteiger partial charge < -0.3 is 5.32 Å². The lowest BCUT2D eigenvalue weighted by atomic mass is 10.1. The Bertz CT molecular complexity index is 1040. The SMILES string of the molecule is Cc1cc2nnc(SCCN3C(=O)NC(C)(C)C3=O)n2c2ccccc12. The average Bonchev–Trinajstić information content (AvgIpc) is 3.08. The minimum Gasteiger partial charge on any atom is -0.324 e. The van der Waals surface area contributed by atoms with Crippen molar-refractivity contribution in [3.05, 3.63) is 35.9 Å². The highest BCUT2D eigenvalue weighted by Crippen LogP contribution is 2.26. The maximum absolute atomic E-state index is 12.3. The number of thioether (sulfide) groups is 1. The second kappa shape index (κ2) is 5.98. The predicted octanol–water partition coefficient (Wildman–Crippen LogP) is 2.61. The first-order chi connectivity index (χ1) is 12.4. The van der Waals surface area contributed by atoms with Crippen molar-refractivity contribution in [3.8, 4) is 0 Å². The van der Waals surface area contributed by atoms with E-state index in [4.69, 9.17) is 0 Å². The van der Waals surface area contributed by atoms with Crippen LogP contribution in [0.2, 0.25) is 0 Å². The van der Waals surface area contributed by atoms with Crippen LogP contribution in [0.15, 0.2) is 35.5 Å². The van der Waals surface area contributed by atoms with Gasteiger partial charge in [0.1, 0.15) is 5.54 Å². The van der Waals surface area contributed by atoms with Gasteiger partial charge in [0.05, 0.1) is 5.52 Å². The number of pyridine rings is 1. The monoisotopic (exact) mass is 369 g/mol. The van der Waals surface area contributed by atoms with Crippen LogP contribution in [-0.4, -0.2) is 49.3 Å². The molecule has 1 aliphatic heterocycles. The quantitative estimate of drug-likeness (QED) is 0.565. The fourth-order valence-corrected chi connectivity index (χ4v) is 4.09. The van der Waals surface area contributed by atoms with Gasteiger partial charge >= 0.3 is 6.03 Å². The van der Waals surface area contributed by atoms with E-state index in [1.54, 1.807) is 13.8 Å². The van der Waals surface area contributed by atoms with E-state index in [-0.39, 0.29) is 11.9 Å². The zero-order valence-corrected chi connectivity index (χ0v) is 15.6. The van der Waals surface area contributed by atoms with Crippen LogP contribution in [0.3, 0.4) is 0 Å². The summed E-state index contributed by atoms with van der Waals surface area (Å²) in [4.78, 5) is 25.5. The molecule has 0 atom stereocenters. The second-order valence-corrected chi connectivity index (χ2v) is 7.94. The summed E-state index contributed by atoms with van der Waals surface area (Å²) in [6, 6.07) is 9.80. The number of fused-ring (bicyclic) bond motifs is 3. The van der Waals surface area contributed by atoms with Gasteiger partial charge in [-0.2, -0.15) is 0 Å². The third-order valence-corrected chi connectivity index (χ3v) is 5.47. The van der Waals surface area contributed by atoms with Gasteiger partial charge in [0.2, 0.25) is 0 Å². The highest BCUT2D eigenvalue weighted by atomic mass is 32.2. The Morgan fingerprint density at radius 1 is 1.19 bits per heavy atom. The molecule has 0 spiro atoms. The van der Waals surface area contributed by atoms with Crippen molar-refractivity contribution in [2.45, 2.75) is 31.5 Å². The second-order valence-electron chi connectivity index (χ2n) is 6.88. The molecule has 4 rings (SSSR count). The van der Waals surface area contributed by atoms with Crippen LogP contribution in [0.4, 0.5) is 4.79 Å². The number of aromatic nitrogens is 3. The van der Waals surface area contributed by atoms with Gasteiger partial charge in [0.25, 0.3) is 5.91 Å². The van der Waals surface area contributed by atoms with Gasteiger partial charge in [-0.3, -0.25) is 14.1 Å². The first-order valence-corrected chi connectivity index (χ1v) is 9.37. The van der Waals surface area contributed by atoms with Crippen LogP contribution in [0.25, 0.3) is 16.6 Å². The molecular weight excluding hydrogens is 350 g/mol. The van der Waals surface area contributed by atoms with Gasteiger partial charge in [-0.1, -0.05) is 30.0 Å². The number of benzene rings is 1. The first-order valence-electron chi connectivity index (χ1n) is 8.39. The summed E-state index contributed by atoms with van der Waals surface area (Å²) in [5.74, 6) is 0.355. The van der Waals surface area contributed by atoms with Crippen molar-refractivity contribution < 1.29 is 9.59 Å². The molecule has 7 nitrogen and oxygen atoms in total. The summed E-state index contributed by atoms with van der Waals surface area (Å²) in [6.07, 6.45) is 0. The van der Waals surface area contributed by atoms with Gasteiger partial charge in [0, 0.05) is 17.7 Å². The van der Waals surface area contributed by atoms with Crippen molar-refractivity contribution in [1.29, 1.82) is 0 Å². The molecule has 3 aromatic rings. The molecule has 1 N–H and O–H groups in total. The fourth-order valence-electron chi connectivity index (χ4n) is 3.22. The Labute approximate surface area is 154 Å². The Morgan fingerprint density at radius 2 is 1.96 bits per heavy atom. The lowest BCUT2D eigenvalue weighted by Gasteiger charge is -2.15. The summed E-state index contributed by atoms with van der Waals surface area (Å²) >= 11 is 1.48. The van der Waals surface area contributed by atoms with E-state index in [1.165, 1.54) is 16.7 Å². The minimum atomic E-state index is -0.836. The summed E-state index contributed by atoms with van der Waals surface area (Å²) in [5.41, 5.74) is 2.15. The lowest BCUT2D eigenvalue weighted by molar-refractivity contribution is -0.130. The molecule has 3 amide bonds. The smallest absolute Gasteiger partial charge is 0.324 e. The standard InChI is InChI=1S/C18H19N5O2S/c1-11-10-14-20-21-17(23(14)13-7-5-4-6-12(11)13)26-9-8-22-15(24)18(2,3)19-16(22)25/h4-7,10H,8-9H2,1-3H3,(H,19,25). The van der Waals surface area contributed by atoms with Crippen LogP contribution in [0, 0.1) is 6.92 Å². The summed E-state index contributed by atoms with van der Waals surface area (Å²) in [5, 5.41) is 13.1. The van der Waals surface area contributed by atoms with Crippen molar-refractivity contribution in [2.75, 3.05) is 12.3 Å². The highest BCUT2D eigenvalue weighted by molar-refractivity contribution is 7.99. The largest absolute Gasteiger partial charge is 0.325 e. The molecule has 8 heteroatoms. The van der Waals surface area contributed by atoms with Gasteiger partial charge in [-0.15, -0.1) is 10.2 Å². The molecule has 0 radical (unpaired) electrons. The third-order valence-electron chi connectivity index (χ3n) is 4.56. The van der Waals surface area contributed by atoms with Gasteiger partial charge in [-0.25, -0.2) is 4.79 Å². The molecule has 0 unspecified atom stereocenters. The minimum absolute atomic E-state index is 0.199. The Kier molecular flexibility index (Phi) is 3.87. The van der Waals surface area contributed by atoms with Crippen molar-refractivity contribution in [3.63, 3.8) is 0 Å². The van der Waals surface area contributed by atoms with E-state index in [2.05, 4.69) is 28.5 Å². The first kappa shape index (κ1) is 16.8. The molecule has 1 saturated heterocycles. The molecule has 0 saturated carbocycles. The summed E-state index contributed by atoms with van der Waals surface area (Å²) < 4.78 is 2.02. The number of hydrogen-bond donors (Lipinski definition) is 1. The maximum Gasteiger partial charge on any atom is 0.325 e. The van der Waals surface area contributed by atoms with Crippen LogP contribution in [0.5, 0.6) is 0 Å². The fraction of sp³-hybridized carbons (Fsp3) is 0.333. The summed E-state index contributed by atoms with van der Waals surface area (Å²) in [6.45, 7) is 5.81. The summed E-state index contributed by atoms with van der Waals surface area (Å²) in [7, 11) is 0. The number of nitrogens with one attached hydrogen (secondary N) is 1. The number of rotatable bonds is 4. The number of urea groups is 1. The average molecular weight is 369 g/mol. The van der Waals surface area contributed by atoms with Gasteiger partial charge in [-0.05, 0) is 38.5 Å². The Hall–Kier alpha value is -2.61. The zero-order valence-electron chi connectivity index (χ0n) is 14.8. The molecule has 26 heavy (non-hydrogen) atoms. The van der Waals surface area contributed by atoms with Crippen molar-refractivity contribution in [2.24, 2.45) is 0 Å². The zero-order chi connectivity index (χ0) is 18.5. The van der Waals surface area contributed by atoms with E-state index < -0.39 is 5.54 Å². The van der Waals surface area contributed by atoms with Crippen LogP contribution in [-0.2, 0) is 4.79 Å². The number of carbonyl (C=O) groups excluding carboxylic acids is 2. The maximum atomic E-state index is 12.3. The van der Waals surface area contributed by atoms with Crippen LogP contribution >= 0.6 is 11.8 Å². The number of imide groups is 1. The van der Waals surface area contributed by atoms with Crippen molar-refractivity contribution >= 4 is 40.3 Å². The van der Waals surface area contributed by atoms with Gasteiger partial charge in [0.15, 0.2) is 10.8 Å². The molecule has 1 aliphatic rings. The van der Waals surface area contributed by atoms with Crippen molar-refractivity contribution in [1.82, 2.24) is 24.8 Å². The number of aryl methyl sites for hydroxylation is 1. The predicted molar refractivity (Wildman–Crippen MR) is 100 cm³/mol. The number of para-hydroxylation sites is 1. The van der Waals surface area contributed by atoms with Crippen LogP contribution in [0.1, 0.15) is 19.4 Å². The topological polar surface area (TPSA) is 79.6 Å². The molecule has 134 valence electrons. The molecule has 1 aromatic carbocycles. The molecule has 0 bridgehead atoms. The Morgan fingerprint density at radius 3 is 2.69 bits per heavy atom. The number of nitrogens with zero attached hydrogens (tertiary/aromatic N) is 4. The molecule has 0 aliphatic carbocycles. The number of amides is 3. The molecule has 1 fully saturated rings. The van der Waals surface area contributed by atoms with E-state index in [0.717, 1.165) is 27.3 Å². The highest BCUT2D eigenvalue weighted by Gasteiger charge is 2.43. The molecule has 3 heterocycles. The lowest BCUT2D eigenvalue weighted by Crippen LogP contribution is -2.40. The number of carbonyl (C=O) groups is 2. The normalized spacial score (nSPS) is 16.7. The number of hydrogen-bond acceptors (Lipinski definition) is 5.